The molecule has 2 heterocycles. The first kappa shape index (κ1) is 22.3. The molecule has 0 aliphatic carbocycles. The molecular formula is C26H27N3O4. The molecule has 7 nitrogen and oxygen atoms in total. The molecule has 1 aromatic heterocycles. The quantitative estimate of drug-likeness (QED) is 0.603. The zero-order valence-corrected chi connectivity index (χ0v) is 18.9. The molecule has 1 aliphatic rings. The van der Waals surface area contributed by atoms with Crippen LogP contribution in [0.15, 0.2) is 66.9 Å². The number of hydrogen-bond acceptors (Lipinski definition) is 5. The van der Waals surface area contributed by atoms with Gasteiger partial charge in [0.1, 0.15) is 17.3 Å². The van der Waals surface area contributed by atoms with Crippen LogP contribution in [0.25, 0.3) is 0 Å². The molecule has 4 rings (SSSR count). The lowest BCUT2D eigenvalue weighted by atomic mass is 9.83. The molecule has 1 saturated heterocycles. The van der Waals surface area contributed by atoms with E-state index in [0.29, 0.717) is 29.4 Å². The number of carbonyl (C=O) groups is 2. The zero-order chi connectivity index (χ0) is 23.4. The van der Waals surface area contributed by atoms with Gasteiger partial charge in [-0.1, -0.05) is 18.2 Å². The highest BCUT2D eigenvalue weighted by atomic mass is 16.5. The number of rotatable bonds is 6. The molecule has 0 spiro atoms. The molecule has 170 valence electrons. The Morgan fingerprint density at radius 1 is 0.970 bits per heavy atom. The van der Waals surface area contributed by atoms with Crippen LogP contribution in [0.4, 0.5) is 11.5 Å². The molecule has 3 aromatic rings. The first-order valence-corrected chi connectivity index (χ1v) is 10.8. The largest absolute Gasteiger partial charge is 0.497 e. The lowest BCUT2D eigenvalue weighted by Crippen LogP contribution is -2.47. The van der Waals surface area contributed by atoms with E-state index in [2.05, 4.69) is 10.3 Å². The predicted molar refractivity (Wildman–Crippen MR) is 127 cm³/mol. The van der Waals surface area contributed by atoms with E-state index < -0.39 is 12.0 Å². The number of pyridine rings is 1. The molecule has 1 aliphatic heterocycles. The molecule has 33 heavy (non-hydrogen) atoms. The number of methoxy groups -OCH3 is 2. The summed E-state index contributed by atoms with van der Waals surface area (Å²) in [6.07, 6.45) is 2.43. The van der Waals surface area contributed by atoms with Crippen molar-refractivity contribution in [2.75, 3.05) is 24.4 Å². The van der Waals surface area contributed by atoms with Gasteiger partial charge in [0.2, 0.25) is 11.8 Å². The lowest BCUT2D eigenvalue weighted by molar-refractivity contribution is -0.125. The minimum absolute atomic E-state index is 0.0292. The first-order valence-electron chi connectivity index (χ1n) is 10.8. The van der Waals surface area contributed by atoms with Gasteiger partial charge in [-0.05, 0) is 66.9 Å². The predicted octanol–water partition coefficient (Wildman–Crippen LogP) is 4.53. The Kier molecular flexibility index (Phi) is 6.58. The Morgan fingerprint density at radius 2 is 1.61 bits per heavy atom. The minimum Gasteiger partial charge on any atom is -0.497 e. The van der Waals surface area contributed by atoms with E-state index in [9.17, 15) is 9.59 Å². The second-order valence-corrected chi connectivity index (χ2v) is 8.03. The number of carbonyl (C=O) groups excluding carboxylic acids is 2. The standard InChI is InChI=1S/C26H27N3O4/c1-17-4-14-23(27-16-17)28-26(31)22-13-15-24(30)29(19-7-11-21(33-3)12-8-19)25(22)18-5-9-20(32-2)10-6-18/h4-12,14,16,22,25H,13,15H2,1-3H3,(H,27,28,31). The summed E-state index contributed by atoms with van der Waals surface area (Å²) in [4.78, 5) is 32.6. The van der Waals surface area contributed by atoms with Crippen molar-refractivity contribution in [3.63, 3.8) is 0 Å². The zero-order valence-electron chi connectivity index (χ0n) is 18.9. The fourth-order valence-electron chi connectivity index (χ4n) is 4.16. The Morgan fingerprint density at radius 3 is 2.18 bits per heavy atom. The summed E-state index contributed by atoms with van der Waals surface area (Å²) in [5.74, 6) is 1.25. The number of hydrogen-bond donors (Lipinski definition) is 1. The summed E-state index contributed by atoms with van der Waals surface area (Å²) in [5, 5.41) is 2.93. The van der Waals surface area contributed by atoms with Gasteiger partial charge in [-0.2, -0.15) is 0 Å². The van der Waals surface area contributed by atoms with Crippen LogP contribution >= 0.6 is 0 Å². The summed E-state index contributed by atoms with van der Waals surface area (Å²) >= 11 is 0. The number of amides is 2. The highest BCUT2D eigenvalue weighted by molar-refractivity contribution is 6.00. The molecule has 2 amide bonds. The lowest BCUT2D eigenvalue weighted by Gasteiger charge is -2.40. The fraction of sp³-hybridized carbons (Fsp3) is 0.269. The van der Waals surface area contributed by atoms with E-state index in [1.54, 1.807) is 31.4 Å². The number of anilines is 2. The number of nitrogens with zero attached hydrogens (tertiary/aromatic N) is 2. The highest BCUT2D eigenvalue weighted by Gasteiger charge is 2.41. The van der Waals surface area contributed by atoms with E-state index in [4.69, 9.17) is 9.47 Å². The van der Waals surface area contributed by atoms with E-state index in [1.165, 1.54) is 0 Å². The van der Waals surface area contributed by atoms with Crippen molar-refractivity contribution in [1.29, 1.82) is 0 Å². The van der Waals surface area contributed by atoms with E-state index in [1.807, 2.05) is 61.5 Å². The van der Waals surface area contributed by atoms with Crippen molar-refractivity contribution in [2.24, 2.45) is 5.92 Å². The molecule has 0 saturated carbocycles. The number of piperidine rings is 1. The van der Waals surface area contributed by atoms with Gasteiger partial charge in [0.15, 0.2) is 0 Å². The molecule has 0 radical (unpaired) electrons. The van der Waals surface area contributed by atoms with Gasteiger partial charge in [0.05, 0.1) is 26.2 Å². The summed E-state index contributed by atoms with van der Waals surface area (Å²) < 4.78 is 10.6. The molecule has 2 unspecified atom stereocenters. The molecule has 2 atom stereocenters. The van der Waals surface area contributed by atoms with Crippen molar-refractivity contribution in [3.05, 3.63) is 78.0 Å². The van der Waals surface area contributed by atoms with E-state index >= 15 is 0 Å². The maximum Gasteiger partial charge on any atom is 0.231 e. The van der Waals surface area contributed by atoms with Gasteiger partial charge < -0.3 is 19.7 Å². The number of benzene rings is 2. The van der Waals surface area contributed by atoms with Crippen LogP contribution in [0, 0.1) is 12.8 Å². The van der Waals surface area contributed by atoms with Gasteiger partial charge in [0.25, 0.3) is 0 Å². The van der Waals surface area contributed by atoms with Crippen molar-refractivity contribution >= 4 is 23.3 Å². The topological polar surface area (TPSA) is 80.8 Å². The highest BCUT2D eigenvalue weighted by Crippen LogP contribution is 2.41. The third-order valence-electron chi connectivity index (χ3n) is 5.90. The summed E-state index contributed by atoms with van der Waals surface area (Å²) in [6.45, 7) is 1.94. The molecular weight excluding hydrogens is 418 g/mol. The van der Waals surface area contributed by atoms with Crippen LogP contribution in [0.5, 0.6) is 11.5 Å². The average Bonchev–Trinajstić information content (AvgIpc) is 2.85. The van der Waals surface area contributed by atoms with E-state index in [-0.39, 0.29) is 18.2 Å². The fourth-order valence-corrected chi connectivity index (χ4v) is 4.16. The number of ether oxygens (including phenoxy) is 2. The molecule has 2 aromatic carbocycles. The van der Waals surface area contributed by atoms with Crippen LogP contribution in [-0.4, -0.2) is 31.0 Å². The number of aryl methyl sites for hydroxylation is 1. The molecule has 1 N–H and O–H groups in total. The Labute approximate surface area is 193 Å². The Bertz CT molecular complexity index is 1110. The van der Waals surface area contributed by atoms with Gasteiger partial charge in [0, 0.05) is 18.3 Å². The smallest absolute Gasteiger partial charge is 0.231 e. The Hall–Kier alpha value is -3.87. The van der Waals surface area contributed by atoms with Crippen molar-refractivity contribution in [3.8, 4) is 11.5 Å². The minimum atomic E-state index is -0.476. The third kappa shape index (κ3) is 4.82. The van der Waals surface area contributed by atoms with Crippen molar-refractivity contribution in [2.45, 2.75) is 25.8 Å². The van der Waals surface area contributed by atoms with Gasteiger partial charge >= 0.3 is 0 Å². The molecule has 0 bridgehead atoms. The maximum atomic E-state index is 13.4. The second kappa shape index (κ2) is 9.73. The van der Waals surface area contributed by atoms with Gasteiger partial charge in [-0.25, -0.2) is 4.98 Å². The SMILES string of the molecule is COc1ccc(C2C(C(=O)Nc3ccc(C)cn3)CCC(=O)N2c2ccc(OC)cc2)cc1. The summed E-state index contributed by atoms with van der Waals surface area (Å²) in [7, 11) is 3.20. The first-order chi connectivity index (χ1) is 16.0. The molecule has 1 fully saturated rings. The van der Waals surface area contributed by atoms with Crippen molar-refractivity contribution in [1.82, 2.24) is 4.98 Å². The summed E-state index contributed by atoms with van der Waals surface area (Å²) in [6, 6.07) is 18.0. The van der Waals surface area contributed by atoms with Crippen LogP contribution in [0.1, 0.15) is 30.0 Å². The second-order valence-electron chi connectivity index (χ2n) is 8.03. The average molecular weight is 446 g/mol. The monoisotopic (exact) mass is 445 g/mol. The van der Waals surface area contributed by atoms with Gasteiger partial charge in [-0.3, -0.25) is 9.59 Å². The number of nitrogens with one attached hydrogen (secondary N) is 1. The molecule has 7 heteroatoms. The Balaban J connectivity index is 1.72. The maximum absolute atomic E-state index is 13.4. The van der Waals surface area contributed by atoms with Crippen LogP contribution in [0.2, 0.25) is 0 Å². The van der Waals surface area contributed by atoms with Gasteiger partial charge in [-0.15, -0.1) is 0 Å². The van der Waals surface area contributed by atoms with E-state index in [0.717, 1.165) is 11.1 Å². The van der Waals surface area contributed by atoms with Crippen LogP contribution in [0.3, 0.4) is 0 Å². The normalized spacial score (nSPS) is 18.0. The third-order valence-corrected chi connectivity index (χ3v) is 5.90. The number of aromatic nitrogens is 1. The van der Waals surface area contributed by atoms with Crippen LogP contribution < -0.4 is 19.7 Å². The summed E-state index contributed by atoms with van der Waals surface area (Å²) in [5.41, 5.74) is 2.59. The van der Waals surface area contributed by atoms with Crippen molar-refractivity contribution < 1.29 is 19.1 Å². The van der Waals surface area contributed by atoms with Crippen LogP contribution in [-0.2, 0) is 9.59 Å².